The summed E-state index contributed by atoms with van der Waals surface area (Å²) in [6, 6.07) is 4.83. The molecule has 1 aromatic carbocycles. The van der Waals surface area contributed by atoms with Crippen LogP contribution in [0.15, 0.2) is 22.7 Å². The molecule has 8 heteroatoms. The van der Waals surface area contributed by atoms with E-state index in [4.69, 9.17) is 21.9 Å². The SMILES string of the molecule is CC(c1noc(-c2cc(Cl)ccc2N)n1)S(C)(=O)=O. The molecular formula is C11H12ClN3O3S. The van der Waals surface area contributed by atoms with Crippen LogP contribution in [0.1, 0.15) is 18.0 Å². The minimum Gasteiger partial charge on any atom is -0.398 e. The second-order valence-electron chi connectivity index (χ2n) is 4.16. The van der Waals surface area contributed by atoms with E-state index < -0.39 is 15.1 Å². The van der Waals surface area contributed by atoms with Gasteiger partial charge in [-0.1, -0.05) is 16.8 Å². The van der Waals surface area contributed by atoms with Gasteiger partial charge in [-0.05, 0) is 25.1 Å². The van der Waals surface area contributed by atoms with E-state index in [1.54, 1.807) is 18.2 Å². The quantitative estimate of drug-likeness (QED) is 0.871. The molecule has 0 saturated carbocycles. The Morgan fingerprint density at radius 2 is 2.11 bits per heavy atom. The van der Waals surface area contributed by atoms with E-state index in [2.05, 4.69) is 10.1 Å². The van der Waals surface area contributed by atoms with Crippen molar-refractivity contribution in [1.82, 2.24) is 10.1 Å². The number of anilines is 1. The maximum Gasteiger partial charge on any atom is 0.260 e. The highest BCUT2D eigenvalue weighted by atomic mass is 35.5. The smallest absolute Gasteiger partial charge is 0.260 e. The van der Waals surface area contributed by atoms with Crippen LogP contribution in [0.25, 0.3) is 11.5 Å². The summed E-state index contributed by atoms with van der Waals surface area (Å²) in [7, 11) is -3.29. The number of rotatable bonds is 3. The van der Waals surface area contributed by atoms with Crippen LogP contribution in [0.4, 0.5) is 5.69 Å². The van der Waals surface area contributed by atoms with Crippen molar-refractivity contribution in [2.75, 3.05) is 12.0 Å². The van der Waals surface area contributed by atoms with Gasteiger partial charge in [0, 0.05) is 17.0 Å². The van der Waals surface area contributed by atoms with Crippen LogP contribution in [0.5, 0.6) is 0 Å². The van der Waals surface area contributed by atoms with Crippen molar-refractivity contribution in [2.24, 2.45) is 0 Å². The zero-order valence-corrected chi connectivity index (χ0v) is 11.9. The van der Waals surface area contributed by atoms with Crippen molar-refractivity contribution in [3.05, 3.63) is 29.0 Å². The molecule has 0 fully saturated rings. The number of nitrogen functional groups attached to an aromatic ring is 1. The minimum absolute atomic E-state index is 0.0943. The first-order chi connectivity index (χ1) is 8.79. The van der Waals surface area contributed by atoms with Gasteiger partial charge >= 0.3 is 0 Å². The zero-order chi connectivity index (χ0) is 14.2. The monoisotopic (exact) mass is 301 g/mol. The van der Waals surface area contributed by atoms with Gasteiger partial charge in [0.15, 0.2) is 15.7 Å². The second kappa shape index (κ2) is 4.82. The van der Waals surface area contributed by atoms with E-state index in [-0.39, 0.29) is 11.7 Å². The number of sulfone groups is 1. The average Bonchev–Trinajstić information content (AvgIpc) is 2.79. The Hall–Kier alpha value is -1.60. The van der Waals surface area contributed by atoms with Gasteiger partial charge in [-0.25, -0.2) is 8.42 Å². The van der Waals surface area contributed by atoms with E-state index in [9.17, 15) is 8.42 Å². The molecular weight excluding hydrogens is 290 g/mol. The fraction of sp³-hybridized carbons (Fsp3) is 0.273. The van der Waals surface area contributed by atoms with Crippen LogP contribution >= 0.6 is 11.6 Å². The Kier molecular flexibility index (Phi) is 3.51. The van der Waals surface area contributed by atoms with Crippen LogP contribution in [0, 0.1) is 0 Å². The average molecular weight is 302 g/mol. The first-order valence-corrected chi connectivity index (χ1v) is 7.70. The molecule has 1 atom stereocenters. The topological polar surface area (TPSA) is 99.1 Å². The lowest BCUT2D eigenvalue weighted by atomic mass is 10.2. The molecule has 1 aromatic heterocycles. The number of aromatic nitrogens is 2. The van der Waals surface area contributed by atoms with Crippen LogP contribution in [-0.4, -0.2) is 24.8 Å². The van der Waals surface area contributed by atoms with E-state index in [0.29, 0.717) is 16.3 Å². The Labute approximate surface area is 115 Å². The molecule has 0 radical (unpaired) electrons. The second-order valence-corrected chi connectivity index (χ2v) is 6.96. The Morgan fingerprint density at radius 3 is 2.74 bits per heavy atom. The Balaban J connectivity index is 2.44. The third-order valence-electron chi connectivity index (χ3n) is 2.69. The van der Waals surface area contributed by atoms with Crippen molar-refractivity contribution in [3.8, 4) is 11.5 Å². The fourth-order valence-corrected chi connectivity index (χ4v) is 2.07. The summed E-state index contributed by atoms with van der Waals surface area (Å²) in [5.74, 6) is 0.238. The largest absolute Gasteiger partial charge is 0.398 e. The summed E-state index contributed by atoms with van der Waals surface area (Å²) in [6.07, 6.45) is 1.11. The number of benzene rings is 1. The molecule has 2 aromatic rings. The van der Waals surface area contributed by atoms with Gasteiger partial charge in [-0.3, -0.25) is 0 Å². The first-order valence-electron chi connectivity index (χ1n) is 5.37. The van der Waals surface area contributed by atoms with Crippen molar-refractivity contribution in [3.63, 3.8) is 0 Å². The van der Waals surface area contributed by atoms with Crippen molar-refractivity contribution in [2.45, 2.75) is 12.2 Å². The Bertz CT molecular complexity index is 712. The van der Waals surface area contributed by atoms with E-state index in [0.717, 1.165) is 6.26 Å². The number of nitrogens with zero attached hydrogens (tertiary/aromatic N) is 2. The van der Waals surface area contributed by atoms with Crippen LogP contribution < -0.4 is 5.73 Å². The van der Waals surface area contributed by atoms with Crippen LogP contribution in [0.3, 0.4) is 0 Å². The third-order valence-corrected chi connectivity index (χ3v) is 4.42. The maximum absolute atomic E-state index is 11.4. The van der Waals surface area contributed by atoms with Gasteiger partial charge in [-0.15, -0.1) is 0 Å². The van der Waals surface area contributed by atoms with Gasteiger partial charge in [0.05, 0.1) is 5.56 Å². The summed E-state index contributed by atoms with van der Waals surface area (Å²) in [5, 5.41) is 3.30. The van der Waals surface area contributed by atoms with Gasteiger partial charge in [0.2, 0.25) is 0 Å². The molecule has 0 bridgehead atoms. The molecule has 0 aliphatic carbocycles. The summed E-state index contributed by atoms with van der Waals surface area (Å²) in [6.45, 7) is 1.49. The third kappa shape index (κ3) is 2.87. The molecule has 0 aliphatic rings. The summed E-state index contributed by atoms with van der Waals surface area (Å²) in [4.78, 5) is 4.05. The lowest BCUT2D eigenvalue weighted by Gasteiger charge is -2.02. The molecule has 0 saturated heterocycles. The van der Waals surface area contributed by atoms with Crippen molar-refractivity contribution >= 4 is 27.1 Å². The molecule has 2 rings (SSSR count). The maximum atomic E-state index is 11.4. The summed E-state index contributed by atoms with van der Waals surface area (Å²) >= 11 is 5.87. The van der Waals surface area contributed by atoms with Crippen LogP contribution in [-0.2, 0) is 9.84 Å². The lowest BCUT2D eigenvalue weighted by Crippen LogP contribution is -2.09. The number of halogens is 1. The van der Waals surface area contributed by atoms with Crippen LogP contribution in [0.2, 0.25) is 5.02 Å². The normalized spacial score (nSPS) is 13.4. The first kappa shape index (κ1) is 13.8. The van der Waals surface area contributed by atoms with E-state index in [1.165, 1.54) is 6.92 Å². The standard InChI is InChI=1S/C11H12ClN3O3S/c1-6(19(2,16)17)10-14-11(18-15-10)8-5-7(12)3-4-9(8)13/h3-6H,13H2,1-2H3. The molecule has 2 N–H and O–H groups in total. The minimum atomic E-state index is -3.29. The molecule has 6 nitrogen and oxygen atoms in total. The summed E-state index contributed by atoms with van der Waals surface area (Å²) in [5.41, 5.74) is 6.69. The van der Waals surface area contributed by atoms with Gasteiger partial charge in [0.1, 0.15) is 5.25 Å². The predicted octanol–water partition coefficient (Wildman–Crippen LogP) is 2.08. The lowest BCUT2D eigenvalue weighted by molar-refractivity contribution is 0.422. The number of hydrogen-bond donors (Lipinski definition) is 1. The molecule has 0 aliphatic heterocycles. The van der Waals surface area contributed by atoms with Gasteiger partial charge in [-0.2, -0.15) is 4.98 Å². The molecule has 1 heterocycles. The predicted molar refractivity (Wildman–Crippen MR) is 72.4 cm³/mol. The highest BCUT2D eigenvalue weighted by Crippen LogP contribution is 2.29. The summed E-state index contributed by atoms with van der Waals surface area (Å²) < 4.78 is 27.9. The molecule has 19 heavy (non-hydrogen) atoms. The highest BCUT2D eigenvalue weighted by Gasteiger charge is 2.24. The van der Waals surface area contributed by atoms with Crippen molar-refractivity contribution in [1.29, 1.82) is 0 Å². The molecule has 102 valence electrons. The van der Waals surface area contributed by atoms with E-state index >= 15 is 0 Å². The highest BCUT2D eigenvalue weighted by molar-refractivity contribution is 7.90. The number of nitrogens with two attached hydrogens (primary N) is 1. The van der Waals surface area contributed by atoms with Gasteiger partial charge in [0.25, 0.3) is 5.89 Å². The molecule has 1 unspecified atom stereocenters. The molecule has 0 spiro atoms. The fourth-order valence-electron chi connectivity index (χ4n) is 1.41. The van der Waals surface area contributed by atoms with Crippen molar-refractivity contribution < 1.29 is 12.9 Å². The number of hydrogen-bond acceptors (Lipinski definition) is 6. The van der Waals surface area contributed by atoms with Gasteiger partial charge < -0.3 is 10.3 Å². The molecule has 0 amide bonds. The zero-order valence-electron chi connectivity index (χ0n) is 10.3. The Morgan fingerprint density at radius 1 is 1.42 bits per heavy atom. The van der Waals surface area contributed by atoms with E-state index in [1.807, 2.05) is 0 Å².